The highest BCUT2D eigenvalue weighted by Gasteiger charge is 2.09. The Kier molecular flexibility index (Phi) is 19.5. The molecular formula is C21H42ClNO4. The van der Waals surface area contributed by atoms with Crippen molar-refractivity contribution in [3.63, 3.8) is 0 Å². The number of carbonyl (C=O) groups excluding carboxylic acids is 1. The van der Waals surface area contributed by atoms with E-state index in [1.54, 1.807) is 0 Å². The van der Waals surface area contributed by atoms with Gasteiger partial charge in [-0.3, -0.25) is 9.59 Å². The van der Waals surface area contributed by atoms with Gasteiger partial charge in [-0.05, 0) is 12.8 Å². The normalized spacial score (nSPS) is 11.1. The number of esters is 1. The second kappa shape index (κ2) is 18.5. The number of ether oxygens (including phenoxy) is 1. The summed E-state index contributed by atoms with van der Waals surface area (Å²) in [5, 5.41) is 8.56. The lowest BCUT2D eigenvalue weighted by Gasteiger charge is -2.23. The Hall–Kier alpha value is -0.810. The molecule has 0 aromatic rings. The third-order valence-electron chi connectivity index (χ3n) is 4.55. The van der Waals surface area contributed by atoms with Gasteiger partial charge in [-0.2, -0.15) is 0 Å². The lowest BCUT2D eigenvalue weighted by atomic mass is 10.0. The Labute approximate surface area is 172 Å². The van der Waals surface area contributed by atoms with Crippen LogP contribution in [0.15, 0.2) is 0 Å². The zero-order valence-corrected chi connectivity index (χ0v) is 18.6. The second-order valence-electron chi connectivity index (χ2n) is 8.37. The number of unbranched alkanes of at least 4 members (excludes halogenated alkanes) is 11. The molecule has 0 aliphatic rings. The van der Waals surface area contributed by atoms with E-state index in [0.717, 1.165) is 43.1 Å². The summed E-state index contributed by atoms with van der Waals surface area (Å²) in [6, 6.07) is 0. The topological polar surface area (TPSA) is 63.6 Å². The van der Waals surface area contributed by atoms with Crippen molar-refractivity contribution in [2.75, 3.05) is 34.3 Å². The minimum absolute atomic E-state index is 0. The molecule has 0 radical (unpaired) electrons. The molecule has 0 heterocycles. The average Bonchev–Trinajstić information content (AvgIpc) is 2.53. The van der Waals surface area contributed by atoms with Crippen molar-refractivity contribution in [3.8, 4) is 0 Å². The number of likely N-dealkylation sites (N-methyl/N-ethyl adjacent to an activating group) is 1. The van der Waals surface area contributed by atoms with Crippen LogP contribution in [0.25, 0.3) is 0 Å². The Morgan fingerprint density at radius 3 is 1.44 bits per heavy atom. The Morgan fingerprint density at radius 2 is 1.07 bits per heavy atom. The van der Waals surface area contributed by atoms with Crippen LogP contribution >= 0.6 is 0 Å². The highest BCUT2D eigenvalue weighted by molar-refractivity contribution is 5.69. The molecule has 1 N–H and O–H groups in total. The lowest BCUT2D eigenvalue weighted by Crippen LogP contribution is -3.00. The smallest absolute Gasteiger partial charge is 0.305 e. The zero-order chi connectivity index (χ0) is 19.7. The molecule has 5 nitrogen and oxygen atoms in total. The van der Waals surface area contributed by atoms with E-state index in [0.29, 0.717) is 19.4 Å². The molecule has 0 amide bonds. The van der Waals surface area contributed by atoms with Gasteiger partial charge in [-0.15, -0.1) is 0 Å². The van der Waals surface area contributed by atoms with Gasteiger partial charge in [0.15, 0.2) is 0 Å². The van der Waals surface area contributed by atoms with Crippen molar-refractivity contribution in [1.29, 1.82) is 0 Å². The fourth-order valence-electron chi connectivity index (χ4n) is 2.82. The minimum Gasteiger partial charge on any atom is -1.00 e. The third-order valence-corrected chi connectivity index (χ3v) is 4.55. The van der Waals surface area contributed by atoms with Gasteiger partial charge in [0.2, 0.25) is 0 Å². The van der Waals surface area contributed by atoms with Crippen molar-refractivity contribution in [2.45, 2.75) is 89.9 Å². The maximum absolute atomic E-state index is 11.6. The SMILES string of the molecule is C[N+](C)(C)CCOC(=O)CCCCCCCCCCCCCCC(=O)O.[Cl-]. The second-order valence-corrected chi connectivity index (χ2v) is 8.37. The summed E-state index contributed by atoms with van der Waals surface area (Å²) >= 11 is 0. The van der Waals surface area contributed by atoms with Gasteiger partial charge in [0.25, 0.3) is 0 Å². The lowest BCUT2D eigenvalue weighted by molar-refractivity contribution is -0.870. The van der Waals surface area contributed by atoms with E-state index >= 15 is 0 Å². The summed E-state index contributed by atoms with van der Waals surface area (Å²) < 4.78 is 6.07. The predicted octanol–water partition coefficient (Wildman–Crippen LogP) is 1.79. The van der Waals surface area contributed by atoms with Crippen LogP contribution in [-0.4, -0.2) is 55.8 Å². The number of quaternary nitrogens is 1. The fourth-order valence-corrected chi connectivity index (χ4v) is 2.82. The Bertz CT molecular complexity index is 370. The maximum atomic E-state index is 11.6. The van der Waals surface area contributed by atoms with E-state index < -0.39 is 5.97 Å². The van der Waals surface area contributed by atoms with Crippen molar-refractivity contribution in [3.05, 3.63) is 0 Å². The number of nitrogens with zero attached hydrogens (tertiary/aromatic N) is 1. The van der Waals surface area contributed by atoms with Crippen LogP contribution in [0.1, 0.15) is 89.9 Å². The molecule has 0 aliphatic carbocycles. The third kappa shape index (κ3) is 25.2. The zero-order valence-electron chi connectivity index (χ0n) is 17.8. The van der Waals surface area contributed by atoms with Crippen molar-refractivity contribution in [1.82, 2.24) is 0 Å². The largest absolute Gasteiger partial charge is 1.00 e. The van der Waals surface area contributed by atoms with Gasteiger partial charge >= 0.3 is 11.9 Å². The number of carboxylic acid groups (broad SMARTS) is 1. The van der Waals surface area contributed by atoms with Gasteiger partial charge in [0, 0.05) is 12.8 Å². The molecule has 0 aromatic heterocycles. The minimum atomic E-state index is -0.679. The first-order chi connectivity index (χ1) is 12.3. The number of carboxylic acids is 1. The first-order valence-corrected chi connectivity index (χ1v) is 10.5. The highest BCUT2D eigenvalue weighted by atomic mass is 35.5. The monoisotopic (exact) mass is 407 g/mol. The Balaban J connectivity index is 0. The first kappa shape index (κ1) is 28.4. The number of halogens is 1. The number of rotatable bonds is 18. The molecule has 0 unspecified atom stereocenters. The summed E-state index contributed by atoms with van der Waals surface area (Å²) in [6.45, 7) is 1.37. The van der Waals surface area contributed by atoms with Gasteiger partial charge in [-0.1, -0.05) is 64.2 Å². The summed E-state index contributed by atoms with van der Waals surface area (Å²) in [5.74, 6) is -0.733. The van der Waals surface area contributed by atoms with Gasteiger partial charge in [-0.25, -0.2) is 0 Å². The molecule has 27 heavy (non-hydrogen) atoms. The van der Waals surface area contributed by atoms with Crippen molar-refractivity contribution >= 4 is 11.9 Å². The molecule has 0 spiro atoms. The Morgan fingerprint density at radius 1 is 0.704 bits per heavy atom. The van der Waals surface area contributed by atoms with Crippen LogP contribution in [0.3, 0.4) is 0 Å². The van der Waals surface area contributed by atoms with Crippen LogP contribution in [0, 0.1) is 0 Å². The van der Waals surface area contributed by atoms with E-state index in [9.17, 15) is 9.59 Å². The number of carbonyl (C=O) groups is 2. The summed E-state index contributed by atoms with van der Waals surface area (Å²) in [4.78, 5) is 22.0. The van der Waals surface area contributed by atoms with Crippen LogP contribution in [0.4, 0.5) is 0 Å². The predicted molar refractivity (Wildman–Crippen MR) is 106 cm³/mol. The van der Waals surface area contributed by atoms with Crippen LogP contribution in [-0.2, 0) is 14.3 Å². The molecule has 0 rings (SSSR count). The molecule has 6 heteroatoms. The maximum Gasteiger partial charge on any atom is 0.305 e. The van der Waals surface area contributed by atoms with Crippen molar-refractivity contribution in [2.24, 2.45) is 0 Å². The van der Waals surface area contributed by atoms with E-state index in [1.807, 2.05) is 0 Å². The van der Waals surface area contributed by atoms with Crippen molar-refractivity contribution < 1.29 is 36.3 Å². The first-order valence-electron chi connectivity index (χ1n) is 10.5. The van der Waals surface area contributed by atoms with E-state index in [4.69, 9.17) is 9.84 Å². The van der Waals surface area contributed by atoms with E-state index in [1.165, 1.54) is 44.9 Å². The summed E-state index contributed by atoms with van der Waals surface area (Å²) in [7, 11) is 6.28. The van der Waals surface area contributed by atoms with Gasteiger partial charge < -0.3 is 26.7 Å². The highest BCUT2D eigenvalue weighted by Crippen LogP contribution is 2.13. The standard InChI is InChI=1S/C21H41NO4.ClH/c1-22(2,3)18-19-26-21(25)17-15-13-11-9-7-5-4-6-8-10-12-14-16-20(23)24;/h4-19H2,1-3H3;1H. The van der Waals surface area contributed by atoms with E-state index in [2.05, 4.69) is 21.1 Å². The average molecular weight is 408 g/mol. The van der Waals surface area contributed by atoms with Crippen LogP contribution in [0.5, 0.6) is 0 Å². The van der Waals surface area contributed by atoms with Gasteiger partial charge in [0.1, 0.15) is 13.2 Å². The number of hydrogen-bond donors (Lipinski definition) is 1. The summed E-state index contributed by atoms with van der Waals surface area (Å²) in [5.41, 5.74) is 0. The summed E-state index contributed by atoms with van der Waals surface area (Å²) in [6.07, 6.45) is 14.8. The molecule has 0 aliphatic heterocycles. The number of hydrogen-bond acceptors (Lipinski definition) is 3. The molecule has 162 valence electrons. The molecule has 0 aromatic carbocycles. The molecule has 0 saturated heterocycles. The molecule has 0 saturated carbocycles. The molecular weight excluding hydrogens is 366 g/mol. The van der Waals surface area contributed by atoms with Crippen LogP contribution in [0.2, 0.25) is 0 Å². The molecule has 0 fully saturated rings. The molecule has 0 bridgehead atoms. The van der Waals surface area contributed by atoms with Crippen LogP contribution < -0.4 is 12.4 Å². The number of aliphatic carboxylic acids is 1. The molecule has 0 atom stereocenters. The van der Waals surface area contributed by atoms with E-state index in [-0.39, 0.29) is 18.4 Å². The quantitative estimate of drug-likeness (QED) is 0.214. The van der Waals surface area contributed by atoms with Gasteiger partial charge in [0.05, 0.1) is 21.1 Å². The fraction of sp³-hybridized carbons (Fsp3) is 0.905.